The van der Waals surface area contributed by atoms with Crippen LogP contribution in [0.5, 0.6) is 0 Å². The Labute approximate surface area is 127 Å². The summed E-state index contributed by atoms with van der Waals surface area (Å²) in [6.45, 7) is 1.59. The number of amides is 1. The highest BCUT2D eigenvalue weighted by molar-refractivity contribution is 5.92. The molecule has 1 aromatic rings. The first kappa shape index (κ1) is 14.6. The summed E-state index contributed by atoms with van der Waals surface area (Å²) in [6.07, 6.45) is 12.5. The topological polar surface area (TPSA) is 46.1 Å². The van der Waals surface area contributed by atoms with Gasteiger partial charge in [-0.3, -0.25) is 4.79 Å². The summed E-state index contributed by atoms with van der Waals surface area (Å²) in [7, 11) is 0. The average Bonchev–Trinajstić information content (AvgIpc) is 3.27. The molecule has 21 heavy (non-hydrogen) atoms. The molecule has 0 saturated heterocycles. The monoisotopic (exact) mass is 289 g/mol. The first-order valence-electron chi connectivity index (χ1n) is 8.53. The van der Waals surface area contributed by atoms with Crippen molar-refractivity contribution in [3.63, 3.8) is 0 Å². The molecule has 2 N–H and O–H groups in total. The zero-order valence-corrected chi connectivity index (χ0v) is 12.8. The fraction of sp³-hybridized carbons (Fsp3) is 0.706. The van der Waals surface area contributed by atoms with Crippen LogP contribution < -0.4 is 10.6 Å². The lowest BCUT2D eigenvalue weighted by Gasteiger charge is -2.16. The lowest BCUT2D eigenvalue weighted by atomic mass is 10.1. The smallest absolute Gasteiger partial charge is 0.267 e. The van der Waals surface area contributed by atoms with Gasteiger partial charge in [-0.15, -0.1) is 0 Å². The van der Waals surface area contributed by atoms with Crippen LogP contribution in [0.15, 0.2) is 18.3 Å². The molecule has 2 saturated carbocycles. The van der Waals surface area contributed by atoms with Gasteiger partial charge in [-0.25, -0.2) is 0 Å². The molecule has 1 heterocycles. The van der Waals surface area contributed by atoms with Crippen molar-refractivity contribution in [2.24, 2.45) is 0 Å². The molecular weight excluding hydrogens is 262 g/mol. The minimum Gasteiger partial charge on any atom is -0.349 e. The largest absolute Gasteiger partial charge is 0.349 e. The maximum Gasteiger partial charge on any atom is 0.267 e. The zero-order chi connectivity index (χ0) is 14.5. The standard InChI is InChI=1S/C17H27N3O/c21-17(16-8-5-13-20(16)15-9-10-15)19-12-11-18-14-6-3-1-2-4-7-14/h5,8,13-15,18H,1-4,6-7,9-12H2,(H,19,21). The van der Waals surface area contributed by atoms with Gasteiger partial charge in [0.15, 0.2) is 0 Å². The van der Waals surface area contributed by atoms with E-state index < -0.39 is 0 Å². The number of nitrogens with zero attached hydrogens (tertiary/aromatic N) is 1. The van der Waals surface area contributed by atoms with Gasteiger partial charge in [-0.1, -0.05) is 25.7 Å². The number of rotatable bonds is 6. The second kappa shape index (κ2) is 7.12. The predicted molar refractivity (Wildman–Crippen MR) is 84.5 cm³/mol. The molecule has 0 spiro atoms. The normalized spacial score (nSPS) is 20.2. The van der Waals surface area contributed by atoms with Gasteiger partial charge in [0.05, 0.1) is 0 Å². The number of nitrogens with one attached hydrogen (secondary N) is 2. The Morgan fingerprint density at radius 1 is 1.10 bits per heavy atom. The summed E-state index contributed by atoms with van der Waals surface area (Å²) >= 11 is 0. The van der Waals surface area contributed by atoms with E-state index in [0.717, 1.165) is 12.2 Å². The highest BCUT2D eigenvalue weighted by Crippen LogP contribution is 2.35. The van der Waals surface area contributed by atoms with Gasteiger partial charge >= 0.3 is 0 Å². The van der Waals surface area contributed by atoms with Crippen molar-refractivity contribution in [2.45, 2.75) is 63.5 Å². The molecule has 116 valence electrons. The predicted octanol–water partition coefficient (Wildman–Crippen LogP) is 2.87. The van der Waals surface area contributed by atoms with Crippen molar-refractivity contribution in [1.82, 2.24) is 15.2 Å². The molecule has 0 radical (unpaired) electrons. The second-order valence-electron chi connectivity index (χ2n) is 6.43. The van der Waals surface area contributed by atoms with E-state index in [1.165, 1.54) is 51.4 Å². The Morgan fingerprint density at radius 2 is 1.86 bits per heavy atom. The van der Waals surface area contributed by atoms with Gasteiger partial charge in [0.25, 0.3) is 5.91 Å². The first-order valence-corrected chi connectivity index (χ1v) is 8.53. The Bertz CT molecular complexity index is 456. The van der Waals surface area contributed by atoms with E-state index in [4.69, 9.17) is 0 Å². The molecule has 0 atom stereocenters. The molecule has 2 fully saturated rings. The van der Waals surface area contributed by atoms with Gasteiger partial charge in [-0.05, 0) is 37.8 Å². The third kappa shape index (κ3) is 4.10. The SMILES string of the molecule is O=C(NCCNC1CCCCCC1)c1cccn1C1CC1. The highest BCUT2D eigenvalue weighted by Gasteiger charge is 2.26. The maximum absolute atomic E-state index is 12.2. The highest BCUT2D eigenvalue weighted by atomic mass is 16.1. The van der Waals surface area contributed by atoms with E-state index in [0.29, 0.717) is 18.6 Å². The van der Waals surface area contributed by atoms with Crippen molar-refractivity contribution >= 4 is 5.91 Å². The average molecular weight is 289 g/mol. The molecule has 1 amide bonds. The number of carbonyl (C=O) groups is 1. The van der Waals surface area contributed by atoms with Crippen molar-refractivity contribution in [2.75, 3.05) is 13.1 Å². The van der Waals surface area contributed by atoms with E-state index in [1.807, 2.05) is 18.3 Å². The Morgan fingerprint density at radius 3 is 2.57 bits per heavy atom. The number of carbonyl (C=O) groups excluding carboxylic acids is 1. The van der Waals surface area contributed by atoms with Gasteiger partial charge in [0.1, 0.15) is 5.69 Å². The summed E-state index contributed by atoms with van der Waals surface area (Å²) in [5, 5.41) is 6.63. The fourth-order valence-corrected chi connectivity index (χ4v) is 3.28. The van der Waals surface area contributed by atoms with Crippen molar-refractivity contribution in [3.8, 4) is 0 Å². The lowest BCUT2D eigenvalue weighted by Crippen LogP contribution is -2.37. The summed E-state index contributed by atoms with van der Waals surface area (Å²) in [4.78, 5) is 12.2. The minimum absolute atomic E-state index is 0.0644. The summed E-state index contributed by atoms with van der Waals surface area (Å²) in [6, 6.07) is 5.10. The molecule has 0 aromatic carbocycles. The molecule has 0 unspecified atom stereocenters. The molecule has 1 aromatic heterocycles. The van der Waals surface area contributed by atoms with Crippen LogP contribution in [-0.2, 0) is 0 Å². The van der Waals surface area contributed by atoms with Crippen LogP contribution in [0.25, 0.3) is 0 Å². The van der Waals surface area contributed by atoms with Crippen LogP contribution in [0.4, 0.5) is 0 Å². The quantitative estimate of drug-likeness (QED) is 0.625. The molecule has 2 aliphatic rings. The van der Waals surface area contributed by atoms with Crippen LogP contribution in [0, 0.1) is 0 Å². The minimum atomic E-state index is 0.0644. The van der Waals surface area contributed by atoms with Crippen LogP contribution in [-0.4, -0.2) is 29.6 Å². The first-order chi connectivity index (χ1) is 10.3. The van der Waals surface area contributed by atoms with E-state index in [-0.39, 0.29) is 5.91 Å². The molecule has 4 nitrogen and oxygen atoms in total. The van der Waals surface area contributed by atoms with E-state index in [1.54, 1.807) is 0 Å². The third-order valence-corrected chi connectivity index (χ3v) is 4.65. The zero-order valence-electron chi connectivity index (χ0n) is 12.8. The molecule has 0 aliphatic heterocycles. The van der Waals surface area contributed by atoms with Gasteiger partial charge in [0.2, 0.25) is 0 Å². The van der Waals surface area contributed by atoms with Gasteiger partial charge in [0, 0.05) is 31.4 Å². The van der Waals surface area contributed by atoms with Crippen LogP contribution in [0.3, 0.4) is 0 Å². The lowest BCUT2D eigenvalue weighted by molar-refractivity contribution is 0.0944. The second-order valence-corrected chi connectivity index (χ2v) is 6.43. The molecule has 3 rings (SSSR count). The van der Waals surface area contributed by atoms with E-state index >= 15 is 0 Å². The fourth-order valence-electron chi connectivity index (χ4n) is 3.28. The van der Waals surface area contributed by atoms with Crippen LogP contribution in [0.2, 0.25) is 0 Å². The van der Waals surface area contributed by atoms with Crippen molar-refractivity contribution < 1.29 is 4.79 Å². The summed E-state index contributed by atoms with van der Waals surface area (Å²) in [5.41, 5.74) is 0.812. The van der Waals surface area contributed by atoms with Gasteiger partial charge < -0.3 is 15.2 Å². The number of aromatic nitrogens is 1. The maximum atomic E-state index is 12.2. The van der Waals surface area contributed by atoms with E-state index in [2.05, 4.69) is 15.2 Å². The van der Waals surface area contributed by atoms with Crippen LogP contribution >= 0.6 is 0 Å². The van der Waals surface area contributed by atoms with Crippen molar-refractivity contribution in [1.29, 1.82) is 0 Å². The Kier molecular flexibility index (Phi) is 4.96. The molecule has 2 aliphatic carbocycles. The Hall–Kier alpha value is -1.29. The van der Waals surface area contributed by atoms with Crippen LogP contribution in [0.1, 0.15) is 67.9 Å². The van der Waals surface area contributed by atoms with E-state index in [9.17, 15) is 4.79 Å². The molecular formula is C17H27N3O. The number of hydrogen-bond acceptors (Lipinski definition) is 2. The summed E-state index contributed by atoms with van der Waals surface area (Å²) in [5.74, 6) is 0.0644. The Balaban J connectivity index is 1.38. The summed E-state index contributed by atoms with van der Waals surface area (Å²) < 4.78 is 2.12. The van der Waals surface area contributed by atoms with Gasteiger partial charge in [-0.2, -0.15) is 0 Å². The number of hydrogen-bond donors (Lipinski definition) is 2. The molecule has 0 bridgehead atoms. The third-order valence-electron chi connectivity index (χ3n) is 4.65. The van der Waals surface area contributed by atoms with Crippen molar-refractivity contribution in [3.05, 3.63) is 24.0 Å². The molecule has 4 heteroatoms.